The molecule has 0 heterocycles. The van der Waals surface area contributed by atoms with Crippen molar-refractivity contribution in [3.8, 4) is 0 Å². The van der Waals surface area contributed by atoms with Gasteiger partial charge in [-0.3, -0.25) is 0 Å². The average molecular weight is 369 g/mol. The summed E-state index contributed by atoms with van der Waals surface area (Å²) in [6.07, 6.45) is 1.04. The molecule has 118 valence electrons. The molecule has 0 spiro atoms. The zero-order chi connectivity index (χ0) is 15.4. The number of hydrogen-bond acceptors (Lipinski definition) is 5. The zero-order valence-electron chi connectivity index (χ0n) is 13.2. The lowest BCUT2D eigenvalue weighted by Crippen LogP contribution is -2.39. The van der Waals surface area contributed by atoms with Crippen molar-refractivity contribution in [2.24, 2.45) is 0 Å². The van der Waals surface area contributed by atoms with E-state index in [9.17, 15) is 4.79 Å². The second kappa shape index (κ2) is 11.8. The molecule has 0 rings (SSSR count). The molecule has 10 heteroatoms. The molecule has 0 aliphatic carbocycles. The van der Waals surface area contributed by atoms with Crippen LogP contribution in [0.4, 0.5) is 0 Å². The minimum absolute atomic E-state index is 0.246. The van der Waals surface area contributed by atoms with Gasteiger partial charge in [-0.25, -0.2) is 4.79 Å². The van der Waals surface area contributed by atoms with Crippen LogP contribution in [0.2, 0.25) is 24.8 Å². The van der Waals surface area contributed by atoms with E-state index >= 15 is 0 Å². The first-order valence-corrected chi connectivity index (χ1v) is 15.8. The molecule has 1 atom stereocenters. The Balaban J connectivity index is 4.00. The fourth-order valence-electron chi connectivity index (χ4n) is 1.65. The van der Waals surface area contributed by atoms with E-state index in [1.54, 1.807) is 6.92 Å². The van der Waals surface area contributed by atoms with Crippen molar-refractivity contribution in [3.63, 3.8) is 0 Å². The molecule has 0 aromatic heterocycles. The van der Waals surface area contributed by atoms with Gasteiger partial charge >= 0.3 is 5.97 Å². The Morgan fingerprint density at radius 1 is 1.25 bits per heavy atom. The predicted octanol–water partition coefficient (Wildman–Crippen LogP) is -0.688. The zero-order valence-corrected chi connectivity index (χ0v) is 19.9. The second-order valence-electron chi connectivity index (χ2n) is 4.96. The van der Waals surface area contributed by atoms with Crippen LogP contribution >= 0.6 is 0 Å². The molecule has 0 aromatic rings. The largest absolute Gasteiger partial charge is 0.516 e. The summed E-state index contributed by atoms with van der Waals surface area (Å²) in [6.45, 7) is 11.7. The number of hydrogen-bond donors (Lipinski definition) is 0. The van der Waals surface area contributed by atoms with Gasteiger partial charge in [0.15, 0.2) is 0 Å². The predicted molar refractivity (Wildman–Crippen MR) is 95.7 cm³/mol. The molecule has 0 N–H and O–H groups in total. The van der Waals surface area contributed by atoms with Crippen LogP contribution in [-0.2, 0) is 21.6 Å². The van der Waals surface area contributed by atoms with Gasteiger partial charge < -0.3 is 16.8 Å². The summed E-state index contributed by atoms with van der Waals surface area (Å²) in [5.41, 5.74) is 1.44. The summed E-state index contributed by atoms with van der Waals surface area (Å²) in [4.78, 5) is 11.7. The Bertz CT molecular complexity index is 304. The lowest BCUT2D eigenvalue weighted by molar-refractivity contribution is -0.130. The van der Waals surface area contributed by atoms with Gasteiger partial charge in [0, 0.05) is 5.57 Å². The number of rotatable bonds is 12. The topological polar surface area (TPSA) is 54.0 Å². The molecule has 5 nitrogen and oxygen atoms in total. The molecular weight excluding hydrogens is 341 g/mol. The minimum Gasteiger partial charge on any atom is -0.516 e. The van der Waals surface area contributed by atoms with E-state index < -0.39 is 38.1 Å². The van der Waals surface area contributed by atoms with Gasteiger partial charge in [0.05, 0.1) is 0 Å². The molecule has 0 aliphatic heterocycles. The Morgan fingerprint density at radius 2 is 1.90 bits per heavy atom. The maximum atomic E-state index is 11.7. The van der Waals surface area contributed by atoms with E-state index in [1.807, 2.05) is 0 Å². The lowest BCUT2D eigenvalue weighted by atomic mass is 10.4. The van der Waals surface area contributed by atoms with Crippen LogP contribution in [0, 0.1) is 0 Å². The van der Waals surface area contributed by atoms with Gasteiger partial charge in [0.25, 0.3) is 28.3 Å². The van der Waals surface area contributed by atoms with Gasteiger partial charge in [-0.1, -0.05) is 26.5 Å². The van der Waals surface area contributed by atoms with Crippen molar-refractivity contribution in [2.45, 2.75) is 45.1 Å². The Morgan fingerprint density at radius 3 is 2.45 bits per heavy atom. The molecule has 0 aromatic carbocycles. The molecule has 1 unspecified atom stereocenters. The van der Waals surface area contributed by atoms with Crippen molar-refractivity contribution in [2.75, 3.05) is 0 Å². The summed E-state index contributed by atoms with van der Waals surface area (Å²) in [7, 11) is -4.54. The molecular formula is C10H28O5Si5. The van der Waals surface area contributed by atoms with Crippen LogP contribution in [-0.4, -0.2) is 53.8 Å². The highest BCUT2D eigenvalue weighted by molar-refractivity contribution is 6.81. The van der Waals surface area contributed by atoms with Gasteiger partial charge in [0.1, 0.15) is 19.5 Å². The normalized spacial score (nSPS) is 16.2. The fourth-order valence-corrected chi connectivity index (χ4v) is 12.9. The van der Waals surface area contributed by atoms with E-state index in [0.717, 1.165) is 18.1 Å². The molecule has 0 fully saturated rings. The van der Waals surface area contributed by atoms with E-state index in [-0.39, 0.29) is 15.7 Å². The summed E-state index contributed by atoms with van der Waals surface area (Å²) in [5.74, 6) is -0.246. The Kier molecular flexibility index (Phi) is 11.9. The van der Waals surface area contributed by atoms with Crippen molar-refractivity contribution in [1.29, 1.82) is 0 Å². The molecule has 0 bridgehead atoms. The Labute approximate surface area is 132 Å². The molecule has 0 aliphatic rings. The van der Waals surface area contributed by atoms with E-state index in [2.05, 4.69) is 26.6 Å². The van der Waals surface area contributed by atoms with Gasteiger partial charge in [-0.2, -0.15) is 0 Å². The first-order valence-electron chi connectivity index (χ1n) is 7.07. The highest BCUT2D eigenvalue weighted by Crippen LogP contribution is 2.20. The van der Waals surface area contributed by atoms with E-state index in [0.29, 0.717) is 5.57 Å². The highest BCUT2D eigenvalue weighted by Gasteiger charge is 2.32. The number of carbonyl (C=O) groups excluding carboxylic acids is 1. The van der Waals surface area contributed by atoms with Crippen molar-refractivity contribution < 1.29 is 21.6 Å². The first-order chi connectivity index (χ1) is 9.45. The maximum absolute atomic E-state index is 11.7. The SMILES string of the molecule is C=C(C)C(=O)O[Si](C)(CCC)C[SiH2]O[SiH2]O[SiH2]O[SiH2]C. The smallest absolute Gasteiger partial charge is 0.319 e. The molecule has 0 saturated carbocycles. The van der Waals surface area contributed by atoms with Crippen LogP contribution in [0.15, 0.2) is 12.2 Å². The van der Waals surface area contributed by atoms with Crippen LogP contribution in [0.3, 0.4) is 0 Å². The van der Waals surface area contributed by atoms with Crippen molar-refractivity contribution >= 4 is 53.8 Å². The molecule has 20 heavy (non-hydrogen) atoms. The monoisotopic (exact) mass is 368 g/mol. The van der Waals surface area contributed by atoms with Gasteiger partial charge in [0.2, 0.25) is 0 Å². The maximum Gasteiger partial charge on any atom is 0.319 e. The Hall–Kier alpha value is 0.174. The first kappa shape index (κ1) is 20.2. The summed E-state index contributed by atoms with van der Waals surface area (Å²) in [5, 5.41) is 0. The highest BCUT2D eigenvalue weighted by atomic mass is 28.4. The van der Waals surface area contributed by atoms with Crippen LogP contribution in [0.5, 0.6) is 0 Å². The van der Waals surface area contributed by atoms with Crippen LogP contribution in [0.25, 0.3) is 0 Å². The third kappa shape index (κ3) is 9.98. The minimum atomic E-state index is -1.97. The van der Waals surface area contributed by atoms with Crippen LogP contribution < -0.4 is 0 Å². The van der Waals surface area contributed by atoms with Crippen molar-refractivity contribution in [1.82, 2.24) is 0 Å². The number of carbonyl (C=O) groups is 1. The molecule has 0 saturated heterocycles. The lowest BCUT2D eigenvalue weighted by Gasteiger charge is -2.26. The third-order valence-electron chi connectivity index (χ3n) is 2.78. The van der Waals surface area contributed by atoms with Crippen molar-refractivity contribution in [3.05, 3.63) is 12.2 Å². The summed E-state index contributed by atoms with van der Waals surface area (Å²) < 4.78 is 22.2. The van der Waals surface area contributed by atoms with E-state index in [4.69, 9.17) is 16.8 Å². The van der Waals surface area contributed by atoms with E-state index in [1.165, 1.54) is 0 Å². The van der Waals surface area contributed by atoms with Crippen LogP contribution in [0.1, 0.15) is 20.3 Å². The van der Waals surface area contributed by atoms with Gasteiger partial charge in [-0.15, -0.1) is 0 Å². The summed E-state index contributed by atoms with van der Waals surface area (Å²) >= 11 is 0. The second-order valence-corrected chi connectivity index (χ2v) is 16.9. The van der Waals surface area contributed by atoms with Gasteiger partial charge in [-0.05, 0) is 25.2 Å². The third-order valence-corrected chi connectivity index (χ3v) is 15.5. The quantitative estimate of drug-likeness (QED) is 0.259. The fraction of sp³-hybridized carbons (Fsp3) is 0.700. The average Bonchev–Trinajstić information content (AvgIpc) is 2.37. The molecule has 0 amide bonds. The molecule has 0 radical (unpaired) electrons. The standard InChI is InChI=1S/C10H28O5Si5/c1-6-7-20(5,12-10(11)9(2)3)8-17-14-19-15-18-13-16-4/h2,6-8,16-19H2,1,3-5H3. The summed E-state index contributed by atoms with van der Waals surface area (Å²) in [6, 6.07) is 0.990.